The van der Waals surface area contributed by atoms with Crippen LogP contribution in [0.2, 0.25) is 0 Å². The highest BCUT2D eigenvalue weighted by Gasteiger charge is 2.37. The van der Waals surface area contributed by atoms with Gasteiger partial charge in [-0.3, -0.25) is 25.0 Å². The molecule has 2 aliphatic rings. The van der Waals surface area contributed by atoms with E-state index in [4.69, 9.17) is 0 Å². The highest BCUT2D eigenvalue weighted by Crippen LogP contribution is 2.30. The third-order valence-corrected chi connectivity index (χ3v) is 5.48. The average Bonchev–Trinajstić information content (AvgIpc) is 2.78. The van der Waals surface area contributed by atoms with Gasteiger partial charge in [-0.2, -0.15) is 0 Å². The number of hydrogen-bond acceptors (Lipinski definition) is 7. The summed E-state index contributed by atoms with van der Waals surface area (Å²) < 4.78 is 0. The summed E-state index contributed by atoms with van der Waals surface area (Å²) in [6, 6.07) is 11.7. The molecule has 0 radical (unpaired) electrons. The molecule has 0 unspecified atom stereocenters. The molecule has 2 saturated heterocycles. The zero-order valence-electron chi connectivity index (χ0n) is 17.4. The Morgan fingerprint density at radius 2 is 1.69 bits per heavy atom. The number of piperazine rings is 1. The molecule has 0 aromatic heterocycles. The van der Waals surface area contributed by atoms with Gasteiger partial charge in [0.25, 0.3) is 17.5 Å². The lowest BCUT2D eigenvalue weighted by molar-refractivity contribution is -0.384. The van der Waals surface area contributed by atoms with Crippen LogP contribution >= 0.6 is 0 Å². The van der Waals surface area contributed by atoms with Crippen LogP contribution in [0.3, 0.4) is 0 Å². The minimum absolute atomic E-state index is 0.158. The molecule has 2 aliphatic heterocycles. The Morgan fingerprint density at radius 3 is 2.34 bits per heavy atom. The summed E-state index contributed by atoms with van der Waals surface area (Å²) in [6.45, 7) is 3.00. The normalized spacial score (nSPS) is 18.8. The molecule has 2 aromatic carbocycles. The molecule has 0 atom stereocenters. The van der Waals surface area contributed by atoms with E-state index in [0.29, 0.717) is 30.0 Å². The molecule has 32 heavy (non-hydrogen) atoms. The second-order valence-electron chi connectivity index (χ2n) is 7.58. The number of non-ortho nitro benzene ring substituents is 1. The molecule has 0 bridgehead atoms. The second kappa shape index (κ2) is 8.60. The molecular formula is C22H21N5O5. The molecule has 1 N–H and O–H groups in total. The van der Waals surface area contributed by atoms with Crippen molar-refractivity contribution in [2.24, 2.45) is 0 Å². The number of nitrogens with zero attached hydrogens (tertiary/aromatic N) is 4. The van der Waals surface area contributed by atoms with Crippen LogP contribution in [-0.4, -0.2) is 60.9 Å². The van der Waals surface area contributed by atoms with Crippen LogP contribution in [0.15, 0.2) is 54.1 Å². The molecule has 0 aliphatic carbocycles. The lowest BCUT2D eigenvalue weighted by Crippen LogP contribution is -2.54. The van der Waals surface area contributed by atoms with Crippen LogP contribution in [-0.2, 0) is 9.59 Å². The number of nitro groups is 1. The lowest BCUT2D eigenvalue weighted by Gasteiger charge is -2.35. The first-order valence-corrected chi connectivity index (χ1v) is 10.0. The van der Waals surface area contributed by atoms with Crippen molar-refractivity contribution in [3.63, 3.8) is 0 Å². The number of nitrogens with one attached hydrogen (secondary N) is 1. The third-order valence-electron chi connectivity index (χ3n) is 5.48. The van der Waals surface area contributed by atoms with E-state index in [1.54, 1.807) is 36.4 Å². The maximum absolute atomic E-state index is 13.1. The Labute approximate surface area is 183 Å². The van der Waals surface area contributed by atoms with Gasteiger partial charge in [-0.05, 0) is 31.3 Å². The molecule has 2 heterocycles. The zero-order chi connectivity index (χ0) is 22.8. The number of rotatable bonds is 4. The first-order chi connectivity index (χ1) is 15.3. The van der Waals surface area contributed by atoms with Gasteiger partial charge in [-0.15, -0.1) is 0 Å². The second-order valence-corrected chi connectivity index (χ2v) is 7.58. The monoisotopic (exact) mass is 435 g/mol. The predicted octanol–water partition coefficient (Wildman–Crippen LogP) is 2.01. The Bertz CT molecular complexity index is 1120. The van der Waals surface area contributed by atoms with E-state index in [1.165, 1.54) is 18.2 Å². The minimum atomic E-state index is -0.846. The molecule has 0 spiro atoms. The molecule has 164 valence electrons. The molecule has 2 fully saturated rings. The Balaban J connectivity index is 1.77. The maximum atomic E-state index is 13.1. The number of carbonyl (C=O) groups excluding carboxylic acids is 3. The summed E-state index contributed by atoms with van der Waals surface area (Å²) >= 11 is 0. The molecule has 0 saturated carbocycles. The summed E-state index contributed by atoms with van der Waals surface area (Å²) in [4.78, 5) is 53.9. The predicted molar refractivity (Wildman–Crippen MR) is 118 cm³/mol. The molecular weight excluding hydrogens is 414 g/mol. The number of imide groups is 2. The molecule has 2 aromatic rings. The molecule has 4 rings (SSSR count). The van der Waals surface area contributed by atoms with Crippen LogP contribution in [0, 0.1) is 10.1 Å². The van der Waals surface area contributed by atoms with Gasteiger partial charge in [-0.25, -0.2) is 9.69 Å². The molecule has 10 nitrogen and oxygen atoms in total. The summed E-state index contributed by atoms with van der Waals surface area (Å²) in [5.41, 5.74) is 0.926. The zero-order valence-corrected chi connectivity index (χ0v) is 17.4. The van der Waals surface area contributed by atoms with Gasteiger partial charge in [0.1, 0.15) is 5.57 Å². The fourth-order valence-electron chi connectivity index (χ4n) is 3.73. The average molecular weight is 435 g/mol. The number of nitro benzene ring substituents is 1. The van der Waals surface area contributed by atoms with Crippen molar-refractivity contribution in [3.8, 4) is 0 Å². The lowest BCUT2D eigenvalue weighted by atomic mass is 10.0. The van der Waals surface area contributed by atoms with Crippen molar-refractivity contribution >= 4 is 41.0 Å². The van der Waals surface area contributed by atoms with Crippen molar-refractivity contribution in [3.05, 3.63) is 69.8 Å². The standard InChI is InChI=1S/C22H21N5O5/c1-24-9-11-25(12-10-24)19-8-7-17(27(31)32)13-15(19)14-18-20(28)23-22(30)26(21(18)29)16-5-3-2-4-6-16/h2-8,13-14H,9-12H2,1H3,(H,23,28,30)/b18-14+. The summed E-state index contributed by atoms with van der Waals surface area (Å²) in [5, 5.41) is 13.5. The van der Waals surface area contributed by atoms with E-state index in [1.807, 2.05) is 7.05 Å². The van der Waals surface area contributed by atoms with E-state index in [9.17, 15) is 24.5 Å². The number of hydrogen-bond donors (Lipinski definition) is 1. The maximum Gasteiger partial charge on any atom is 0.335 e. The SMILES string of the molecule is CN1CCN(c2ccc([N+](=O)[O-])cc2/C=C2\C(=O)NC(=O)N(c3ccccc3)C2=O)CC1. The van der Waals surface area contributed by atoms with E-state index < -0.39 is 22.8 Å². The fraction of sp³-hybridized carbons (Fsp3) is 0.227. The fourth-order valence-corrected chi connectivity index (χ4v) is 3.73. The highest BCUT2D eigenvalue weighted by molar-refractivity contribution is 6.39. The van der Waals surface area contributed by atoms with Crippen molar-refractivity contribution in [2.75, 3.05) is 43.0 Å². The van der Waals surface area contributed by atoms with Crippen LogP contribution in [0.4, 0.5) is 21.9 Å². The van der Waals surface area contributed by atoms with E-state index in [0.717, 1.165) is 18.0 Å². The van der Waals surface area contributed by atoms with Crippen LogP contribution in [0.25, 0.3) is 6.08 Å². The smallest absolute Gasteiger partial charge is 0.335 e. The van der Waals surface area contributed by atoms with Crippen molar-refractivity contribution in [1.29, 1.82) is 0 Å². The number of para-hydroxylation sites is 1. The number of amides is 4. The van der Waals surface area contributed by atoms with E-state index in [-0.39, 0.29) is 11.3 Å². The largest absolute Gasteiger partial charge is 0.368 e. The summed E-state index contributed by atoms with van der Waals surface area (Å²) in [7, 11) is 2.01. The Hall–Kier alpha value is -4.05. The first-order valence-electron chi connectivity index (χ1n) is 10.0. The Kier molecular flexibility index (Phi) is 5.69. The van der Waals surface area contributed by atoms with Gasteiger partial charge in [0.05, 0.1) is 10.6 Å². The topological polar surface area (TPSA) is 116 Å². The number of benzene rings is 2. The number of carbonyl (C=O) groups is 3. The van der Waals surface area contributed by atoms with E-state index >= 15 is 0 Å². The highest BCUT2D eigenvalue weighted by atomic mass is 16.6. The van der Waals surface area contributed by atoms with Gasteiger partial charge in [0, 0.05) is 49.6 Å². The van der Waals surface area contributed by atoms with Crippen molar-refractivity contribution < 1.29 is 19.3 Å². The van der Waals surface area contributed by atoms with Crippen LogP contribution in [0.1, 0.15) is 5.56 Å². The van der Waals surface area contributed by atoms with Gasteiger partial charge in [-0.1, -0.05) is 18.2 Å². The summed E-state index contributed by atoms with van der Waals surface area (Å²) in [5.74, 6) is -1.64. The number of barbiturate groups is 1. The summed E-state index contributed by atoms with van der Waals surface area (Å²) in [6.07, 6.45) is 1.32. The van der Waals surface area contributed by atoms with Gasteiger partial charge in [0.2, 0.25) is 0 Å². The van der Waals surface area contributed by atoms with Gasteiger partial charge < -0.3 is 9.80 Å². The number of likely N-dealkylation sites (N-methyl/N-ethyl adjacent to an activating group) is 1. The van der Waals surface area contributed by atoms with Gasteiger partial charge >= 0.3 is 6.03 Å². The third kappa shape index (κ3) is 4.08. The molecule has 10 heteroatoms. The van der Waals surface area contributed by atoms with Crippen molar-refractivity contribution in [1.82, 2.24) is 10.2 Å². The Morgan fingerprint density at radius 1 is 1.00 bits per heavy atom. The minimum Gasteiger partial charge on any atom is -0.368 e. The quantitative estimate of drug-likeness (QED) is 0.338. The van der Waals surface area contributed by atoms with E-state index in [2.05, 4.69) is 15.1 Å². The van der Waals surface area contributed by atoms with Gasteiger partial charge in [0.15, 0.2) is 0 Å². The first kappa shape index (κ1) is 21.2. The van der Waals surface area contributed by atoms with Crippen LogP contribution in [0.5, 0.6) is 0 Å². The van der Waals surface area contributed by atoms with Crippen molar-refractivity contribution in [2.45, 2.75) is 0 Å². The molecule has 4 amide bonds. The number of urea groups is 1. The number of anilines is 2. The van der Waals surface area contributed by atoms with Crippen LogP contribution < -0.4 is 15.1 Å².